The summed E-state index contributed by atoms with van der Waals surface area (Å²) >= 11 is 3.32. The van der Waals surface area contributed by atoms with Crippen LogP contribution < -0.4 is 0 Å². The van der Waals surface area contributed by atoms with E-state index in [1.165, 1.54) is 12.1 Å². The second-order valence-corrected chi connectivity index (χ2v) is 5.11. The number of rotatable bonds is 2. The Hall–Kier alpha value is -1.01. The van der Waals surface area contributed by atoms with Gasteiger partial charge in [0, 0.05) is 12.1 Å². The fourth-order valence-electron chi connectivity index (χ4n) is 0.958. The summed E-state index contributed by atoms with van der Waals surface area (Å²) in [4.78, 5) is 14.3. The van der Waals surface area contributed by atoms with Crippen molar-refractivity contribution in [2.45, 2.75) is 0 Å². The van der Waals surface area contributed by atoms with Crippen molar-refractivity contribution < 1.29 is 4.92 Å². The zero-order chi connectivity index (χ0) is 9.97. The summed E-state index contributed by atoms with van der Waals surface area (Å²) in [6.07, 6.45) is 0. The van der Waals surface area contributed by atoms with Crippen LogP contribution in [0.2, 0.25) is 0 Å². The number of thioether (sulfide) groups is 2. The van der Waals surface area contributed by atoms with Crippen LogP contribution in [0.15, 0.2) is 29.3 Å². The minimum Gasteiger partial charge on any atom is -0.258 e. The Morgan fingerprint density at radius 1 is 1.43 bits per heavy atom. The SMILES string of the molecule is O=[N+]([O-])c1cccc(N=C2SCS2)c1. The molecule has 1 aliphatic heterocycles. The molecule has 4 nitrogen and oxygen atoms in total. The van der Waals surface area contributed by atoms with Gasteiger partial charge in [-0.25, -0.2) is 4.99 Å². The van der Waals surface area contributed by atoms with E-state index in [2.05, 4.69) is 4.99 Å². The molecule has 0 saturated carbocycles. The Labute approximate surface area is 88.9 Å². The molecule has 0 radical (unpaired) electrons. The van der Waals surface area contributed by atoms with Crippen molar-refractivity contribution in [3.05, 3.63) is 34.4 Å². The molecule has 1 aliphatic rings. The molecule has 0 N–H and O–H groups in total. The van der Waals surface area contributed by atoms with Crippen molar-refractivity contribution in [1.82, 2.24) is 0 Å². The van der Waals surface area contributed by atoms with Crippen LogP contribution in [0.1, 0.15) is 0 Å². The fourth-order valence-corrected chi connectivity index (χ4v) is 2.19. The molecule has 1 aromatic carbocycles. The zero-order valence-electron chi connectivity index (χ0n) is 7.04. The minimum atomic E-state index is -0.412. The summed E-state index contributed by atoms with van der Waals surface area (Å²) in [6.45, 7) is 0. The standard InChI is InChI=1S/C8H6N2O2S2/c11-10(12)7-3-1-2-6(4-7)9-8-13-5-14-8/h1-4H,5H2. The molecule has 1 aromatic rings. The van der Waals surface area contributed by atoms with Gasteiger partial charge in [-0.15, -0.1) is 0 Å². The summed E-state index contributed by atoms with van der Waals surface area (Å²) < 4.78 is 0.977. The predicted octanol–water partition coefficient (Wildman–Crippen LogP) is 3.02. The first-order chi connectivity index (χ1) is 6.75. The van der Waals surface area contributed by atoms with Crippen molar-refractivity contribution >= 4 is 39.3 Å². The molecule has 1 heterocycles. The highest BCUT2D eigenvalue weighted by Gasteiger charge is 2.12. The minimum absolute atomic E-state index is 0.0844. The Kier molecular flexibility index (Phi) is 2.74. The Morgan fingerprint density at radius 2 is 2.21 bits per heavy atom. The number of aliphatic imine (C=N–C) groups is 1. The molecule has 2 rings (SSSR count). The first kappa shape index (κ1) is 9.54. The van der Waals surface area contributed by atoms with Gasteiger partial charge in [0.15, 0.2) is 0 Å². The van der Waals surface area contributed by atoms with Crippen LogP contribution in [0.5, 0.6) is 0 Å². The lowest BCUT2D eigenvalue weighted by molar-refractivity contribution is -0.384. The monoisotopic (exact) mass is 226 g/mol. The van der Waals surface area contributed by atoms with E-state index >= 15 is 0 Å². The Balaban J connectivity index is 2.25. The largest absolute Gasteiger partial charge is 0.271 e. The molecule has 0 amide bonds. The smallest absolute Gasteiger partial charge is 0.258 e. The molecule has 0 unspecified atom stereocenters. The van der Waals surface area contributed by atoms with Crippen LogP contribution in [0.3, 0.4) is 0 Å². The summed E-state index contributed by atoms with van der Waals surface area (Å²) in [6, 6.07) is 6.35. The van der Waals surface area contributed by atoms with Gasteiger partial charge in [-0.2, -0.15) is 0 Å². The highest BCUT2D eigenvalue weighted by Crippen LogP contribution is 2.35. The Morgan fingerprint density at radius 3 is 2.79 bits per heavy atom. The van der Waals surface area contributed by atoms with E-state index in [0.717, 1.165) is 9.46 Å². The highest BCUT2D eigenvalue weighted by atomic mass is 32.3. The first-order valence-corrected chi connectivity index (χ1v) is 5.81. The van der Waals surface area contributed by atoms with E-state index in [4.69, 9.17) is 0 Å². The molecule has 72 valence electrons. The van der Waals surface area contributed by atoms with E-state index in [0.29, 0.717) is 5.69 Å². The molecular formula is C8H6N2O2S2. The maximum absolute atomic E-state index is 10.5. The summed E-state index contributed by atoms with van der Waals surface area (Å²) in [5.74, 6) is 0. The van der Waals surface area contributed by atoms with Gasteiger partial charge in [-0.3, -0.25) is 10.1 Å². The van der Waals surface area contributed by atoms with Crippen LogP contribution in [0, 0.1) is 10.1 Å². The highest BCUT2D eigenvalue weighted by molar-refractivity contribution is 8.52. The van der Waals surface area contributed by atoms with Crippen molar-refractivity contribution in [1.29, 1.82) is 0 Å². The molecule has 0 bridgehead atoms. The van der Waals surface area contributed by atoms with Gasteiger partial charge in [0.1, 0.15) is 4.38 Å². The number of hydrogen-bond donors (Lipinski definition) is 0. The van der Waals surface area contributed by atoms with Gasteiger partial charge in [0.25, 0.3) is 5.69 Å². The van der Waals surface area contributed by atoms with E-state index in [1.807, 2.05) is 0 Å². The average molecular weight is 226 g/mol. The summed E-state index contributed by atoms with van der Waals surface area (Å²) in [7, 11) is 0. The van der Waals surface area contributed by atoms with Crippen LogP contribution in [0.4, 0.5) is 11.4 Å². The van der Waals surface area contributed by atoms with Crippen molar-refractivity contribution in [3.8, 4) is 0 Å². The lowest BCUT2D eigenvalue weighted by atomic mass is 10.3. The number of nitro groups is 1. The predicted molar refractivity (Wildman–Crippen MR) is 60.2 cm³/mol. The zero-order valence-corrected chi connectivity index (χ0v) is 8.68. The van der Waals surface area contributed by atoms with Crippen LogP contribution in [-0.2, 0) is 0 Å². The summed E-state index contributed by atoms with van der Waals surface area (Å²) in [5.41, 5.74) is 0.732. The van der Waals surface area contributed by atoms with Gasteiger partial charge < -0.3 is 0 Å². The van der Waals surface area contributed by atoms with Crippen LogP contribution in [-0.4, -0.2) is 14.4 Å². The van der Waals surface area contributed by atoms with Gasteiger partial charge in [-0.1, -0.05) is 29.6 Å². The summed E-state index contributed by atoms with van der Waals surface area (Å²) in [5, 5.41) is 11.5. The van der Waals surface area contributed by atoms with Gasteiger partial charge in [0.2, 0.25) is 0 Å². The van der Waals surface area contributed by atoms with E-state index in [1.54, 1.807) is 35.7 Å². The van der Waals surface area contributed by atoms with E-state index in [9.17, 15) is 10.1 Å². The van der Waals surface area contributed by atoms with E-state index < -0.39 is 4.92 Å². The third-order valence-corrected chi connectivity index (χ3v) is 3.95. The lowest BCUT2D eigenvalue weighted by Gasteiger charge is -2.12. The van der Waals surface area contributed by atoms with Crippen molar-refractivity contribution in [2.24, 2.45) is 4.99 Å². The van der Waals surface area contributed by atoms with Gasteiger partial charge >= 0.3 is 0 Å². The topological polar surface area (TPSA) is 55.5 Å². The Bertz CT molecular complexity index is 400. The number of nitro benzene ring substituents is 1. The van der Waals surface area contributed by atoms with Crippen LogP contribution >= 0.6 is 23.5 Å². The molecule has 0 spiro atoms. The van der Waals surface area contributed by atoms with Crippen molar-refractivity contribution in [3.63, 3.8) is 0 Å². The van der Waals surface area contributed by atoms with E-state index in [-0.39, 0.29) is 5.69 Å². The molecule has 6 heteroatoms. The molecule has 1 fully saturated rings. The van der Waals surface area contributed by atoms with Crippen molar-refractivity contribution in [2.75, 3.05) is 5.08 Å². The normalized spacial score (nSPS) is 14.7. The molecule has 0 aliphatic carbocycles. The molecule has 1 saturated heterocycles. The number of nitrogens with zero attached hydrogens (tertiary/aromatic N) is 2. The lowest BCUT2D eigenvalue weighted by Crippen LogP contribution is -1.97. The van der Waals surface area contributed by atoms with Crippen LogP contribution in [0.25, 0.3) is 0 Å². The number of hydrogen-bond acceptors (Lipinski definition) is 5. The number of non-ortho nitro benzene ring substituents is 1. The second kappa shape index (κ2) is 4.02. The van der Waals surface area contributed by atoms with Gasteiger partial charge in [-0.05, 0) is 6.07 Å². The third kappa shape index (κ3) is 2.08. The molecule has 0 atom stereocenters. The quantitative estimate of drug-likeness (QED) is 0.574. The third-order valence-electron chi connectivity index (χ3n) is 1.63. The molecular weight excluding hydrogens is 220 g/mol. The van der Waals surface area contributed by atoms with Gasteiger partial charge in [0.05, 0.1) is 15.7 Å². The molecule has 0 aromatic heterocycles. The first-order valence-electron chi connectivity index (χ1n) is 3.84. The average Bonchev–Trinajstić information content (AvgIpc) is 2.12. The fraction of sp³-hybridized carbons (Fsp3) is 0.125. The maximum Gasteiger partial charge on any atom is 0.271 e. The second-order valence-electron chi connectivity index (χ2n) is 2.56. The molecule has 14 heavy (non-hydrogen) atoms. The maximum atomic E-state index is 10.5. The number of benzene rings is 1.